The van der Waals surface area contributed by atoms with Crippen LogP contribution in [0.2, 0.25) is 0 Å². The molecule has 3 nitrogen and oxygen atoms in total. The Labute approximate surface area is 67.4 Å². The zero-order valence-electron chi connectivity index (χ0n) is 7.33. The summed E-state index contributed by atoms with van der Waals surface area (Å²) in [4.78, 5) is 10.8. The maximum atomic E-state index is 10.8. The Hall–Kier alpha value is -0.570. The first-order valence-corrected chi connectivity index (χ1v) is 3.89. The maximum absolute atomic E-state index is 10.8. The monoisotopic (exact) mass is 160 g/mol. The number of aliphatic hydroxyl groups is 1. The van der Waals surface area contributed by atoms with Crippen molar-refractivity contribution in [3.63, 3.8) is 0 Å². The summed E-state index contributed by atoms with van der Waals surface area (Å²) in [6.45, 7) is 3.85. The van der Waals surface area contributed by atoms with Crippen molar-refractivity contribution >= 4 is 5.97 Å². The Kier molecular flexibility index (Phi) is 4.86. The van der Waals surface area contributed by atoms with E-state index in [0.717, 1.165) is 12.8 Å². The van der Waals surface area contributed by atoms with Gasteiger partial charge < -0.3 is 9.84 Å². The van der Waals surface area contributed by atoms with E-state index in [4.69, 9.17) is 0 Å². The van der Waals surface area contributed by atoms with Gasteiger partial charge in [-0.3, -0.25) is 0 Å². The van der Waals surface area contributed by atoms with E-state index >= 15 is 0 Å². The summed E-state index contributed by atoms with van der Waals surface area (Å²) in [5.41, 5.74) is 0. The fourth-order valence-corrected chi connectivity index (χ4v) is 0.966. The van der Waals surface area contributed by atoms with E-state index in [2.05, 4.69) is 4.74 Å². The van der Waals surface area contributed by atoms with Gasteiger partial charge in [-0.1, -0.05) is 20.3 Å². The van der Waals surface area contributed by atoms with Gasteiger partial charge in [0.15, 0.2) is 6.10 Å². The molecule has 0 fully saturated rings. The minimum atomic E-state index is -0.958. The molecule has 2 atom stereocenters. The smallest absolute Gasteiger partial charge is 0.334 e. The van der Waals surface area contributed by atoms with E-state index < -0.39 is 12.1 Å². The molecule has 0 aromatic rings. The van der Waals surface area contributed by atoms with Crippen LogP contribution in [-0.2, 0) is 9.53 Å². The SMILES string of the molecule is CCCC(C)C(O)C(=O)OC. The normalized spacial score (nSPS) is 15.6. The molecule has 2 unspecified atom stereocenters. The number of hydrogen-bond acceptors (Lipinski definition) is 3. The van der Waals surface area contributed by atoms with Crippen LogP contribution in [0.5, 0.6) is 0 Å². The zero-order valence-corrected chi connectivity index (χ0v) is 7.33. The second kappa shape index (κ2) is 5.13. The predicted octanol–water partition coefficient (Wildman–Crippen LogP) is 0.956. The Morgan fingerprint density at radius 2 is 2.18 bits per heavy atom. The van der Waals surface area contributed by atoms with E-state index in [1.807, 2.05) is 13.8 Å². The van der Waals surface area contributed by atoms with Gasteiger partial charge in [0.2, 0.25) is 0 Å². The molecule has 1 N–H and O–H groups in total. The van der Waals surface area contributed by atoms with Crippen LogP contribution in [-0.4, -0.2) is 24.3 Å². The number of carbonyl (C=O) groups is 1. The summed E-state index contributed by atoms with van der Waals surface area (Å²) in [6.07, 6.45) is 0.853. The van der Waals surface area contributed by atoms with Gasteiger partial charge in [0.05, 0.1) is 7.11 Å². The number of hydrogen-bond donors (Lipinski definition) is 1. The lowest BCUT2D eigenvalue weighted by Crippen LogP contribution is -2.28. The molecule has 0 aliphatic carbocycles. The van der Waals surface area contributed by atoms with E-state index in [0.29, 0.717) is 0 Å². The van der Waals surface area contributed by atoms with Gasteiger partial charge in [-0.25, -0.2) is 4.79 Å². The lowest BCUT2D eigenvalue weighted by atomic mass is 10.00. The minimum Gasteiger partial charge on any atom is -0.467 e. The number of methoxy groups -OCH3 is 1. The number of ether oxygens (including phenoxy) is 1. The van der Waals surface area contributed by atoms with E-state index in [1.165, 1.54) is 7.11 Å². The van der Waals surface area contributed by atoms with Gasteiger partial charge in [0.1, 0.15) is 0 Å². The summed E-state index contributed by atoms with van der Waals surface area (Å²) >= 11 is 0. The average molecular weight is 160 g/mol. The molecule has 0 radical (unpaired) electrons. The quantitative estimate of drug-likeness (QED) is 0.623. The second-order valence-electron chi connectivity index (χ2n) is 2.73. The zero-order chi connectivity index (χ0) is 8.85. The number of esters is 1. The molecule has 0 saturated heterocycles. The fourth-order valence-electron chi connectivity index (χ4n) is 0.966. The highest BCUT2D eigenvalue weighted by molar-refractivity contribution is 5.74. The molecular weight excluding hydrogens is 144 g/mol. The first-order chi connectivity index (χ1) is 5.13. The van der Waals surface area contributed by atoms with Crippen LogP contribution in [0.3, 0.4) is 0 Å². The first-order valence-electron chi connectivity index (χ1n) is 3.89. The summed E-state index contributed by atoms with van der Waals surface area (Å²) < 4.78 is 4.39. The fraction of sp³-hybridized carbons (Fsp3) is 0.875. The van der Waals surface area contributed by atoms with E-state index in [9.17, 15) is 9.90 Å². The molecular formula is C8H16O3. The van der Waals surface area contributed by atoms with Crippen molar-refractivity contribution in [2.24, 2.45) is 5.92 Å². The predicted molar refractivity (Wildman–Crippen MR) is 42.1 cm³/mol. The van der Waals surface area contributed by atoms with Crippen molar-refractivity contribution < 1.29 is 14.6 Å². The Bertz CT molecular complexity index is 123. The molecule has 11 heavy (non-hydrogen) atoms. The lowest BCUT2D eigenvalue weighted by molar-refractivity contribution is -0.153. The number of rotatable bonds is 4. The Balaban J connectivity index is 3.80. The highest BCUT2D eigenvalue weighted by atomic mass is 16.5. The van der Waals surface area contributed by atoms with Crippen molar-refractivity contribution in [1.29, 1.82) is 0 Å². The average Bonchev–Trinajstić information content (AvgIpc) is 2.02. The van der Waals surface area contributed by atoms with E-state index in [1.54, 1.807) is 0 Å². The van der Waals surface area contributed by atoms with Gasteiger partial charge in [-0.2, -0.15) is 0 Å². The largest absolute Gasteiger partial charge is 0.467 e. The molecule has 66 valence electrons. The van der Waals surface area contributed by atoms with Crippen LogP contribution >= 0.6 is 0 Å². The first kappa shape index (κ1) is 10.4. The van der Waals surface area contributed by atoms with Crippen LogP contribution in [0.4, 0.5) is 0 Å². The molecule has 0 heterocycles. The Morgan fingerprint density at radius 3 is 2.55 bits per heavy atom. The van der Waals surface area contributed by atoms with Gasteiger partial charge in [0.25, 0.3) is 0 Å². The molecule has 0 aliphatic heterocycles. The number of carbonyl (C=O) groups excluding carboxylic acids is 1. The van der Waals surface area contributed by atoms with Gasteiger partial charge in [-0.15, -0.1) is 0 Å². The summed E-state index contributed by atoms with van der Waals surface area (Å²) in [5.74, 6) is -0.543. The van der Waals surface area contributed by atoms with Crippen LogP contribution in [0, 0.1) is 5.92 Å². The van der Waals surface area contributed by atoms with Crippen LogP contribution < -0.4 is 0 Å². The van der Waals surface area contributed by atoms with Gasteiger partial charge in [0, 0.05) is 0 Å². The van der Waals surface area contributed by atoms with Crippen molar-refractivity contribution in [3.8, 4) is 0 Å². The molecule has 0 saturated carbocycles. The van der Waals surface area contributed by atoms with Crippen LogP contribution in [0.25, 0.3) is 0 Å². The summed E-state index contributed by atoms with van der Waals surface area (Å²) in [6, 6.07) is 0. The molecule has 0 amide bonds. The minimum absolute atomic E-state index is 0.00699. The molecule has 0 rings (SSSR count). The third-order valence-corrected chi connectivity index (χ3v) is 1.73. The maximum Gasteiger partial charge on any atom is 0.334 e. The van der Waals surface area contributed by atoms with Crippen molar-refractivity contribution in [2.45, 2.75) is 32.8 Å². The van der Waals surface area contributed by atoms with Crippen LogP contribution in [0.15, 0.2) is 0 Å². The molecule has 0 bridgehead atoms. The molecule has 0 aromatic heterocycles. The Morgan fingerprint density at radius 1 is 1.64 bits per heavy atom. The highest BCUT2D eigenvalue weighted by Crippen LogP contribution is 2.11. The van der Waals surface area contributed by atoms with E-state index in [-0.39, 0.29) is 5.92 Å². The topological polar surface area (TPSA) is 46.5 Å². The highest BCUT2D eigenvalue weighted by Gasteiger charge is 2.21. The van der Waals surface area contributed by atoms with Crippen LogP contribution in [0.1, 0.15) is 26.7 Å². The van der Waals surface area contributed by atoms with Gasteiger partial charge in [-0.05, 0) is 12.3 Å². The van der Waals surface area contributed by atoms with Gasteiger partial charge >= 0.3 is 5.97 Å². The number of aliphatic hydroxyl groups excluding tert-OH is 1. The summed E-state index contributed by atoms with van der Waals surface area (Å²) in [7, 11) is 1.28. The molecule has 0 aliphatic rings. The van der Waals surface area contributed by atoms with Crippen molar-refractivity contribution in [2.75, 3.05) is 7.11 Å². The van der Waals surface area contributed by atoms with Crippen molar-refractivity contribution in [3.05, 3.63) is 0 Å². The molecule has 0 aromatic carbocycles. The van der Waals surface area contributed by atoms with Crippen molar-refractivity contribution in [1.82, 2.24) is 0 Å². The molecule has 3 heteroatoms. The lowest BCUT2D eigenvalue weighted by Gasteiger charge is -2.14. The third kappa shape index (κ3) is 3.37. The second-order valence-corrected chi connectivity index (χ2v) is 2.73. The third-order valence-electron chi connectivity index (χ3n) is 1.73. The standard InChI is InChI=1S/C8H16O3/c1-4-5-6(2)7(9)8(10)11-3/h6-7,9H,4-5H2,1-3H3. The molecule has 0 spiro atoms. The summed E-state index contributed by atoms with van der Waals surface area (Å²) in [5, 5.41) is 9.24.